The third kappa shape index (κ3) is 5.17. The summed E-state index contributed by atoms with van der Waals surface area (Å²) in [5.74, 6) is -0.197. The number of benzene rings is 2. The molecule has 3 nitrogen and oxygen atoms in total. The van der Waals surface area contributed by atoms with Crippen molar-refractivity contribution < 1.29 is 4.79 Å². The number of thiocarbonyl (C=S) groups is 1. The molecule has 0 fully saturated rings. The van der Waals surface area contributed by atoms with Gasteiger partial charge < -0.3 is 5.32 Å². The Hall–Kier alpha value is -2.20. The van der Waals surface area contributed by atoms with E-state index in [0.29, 0.717) is 17.2 Å². The van der Waals surface area contributed by atoms with Crippen LogP contribution in [0.5, 0.6) is 0 Å². The lowest BCUT2D eigenvalue weighted by Crippen LogP contribution is -2.38. The number of aryl methyl sites for hydroxylation is 1. The molecule has 1 amide bonds. The number of carbonyl (C=O) groups is 1. The second kappa shape index (κ2) is 7.58. The quantitative estimate of drug-likeness (QED) is 0.827. The average Bonchev–Trinajstić information content (AvgIpc) is 2.52. The van der Waals surface area contributed by atoms with Crippen molar-refractivity contribution >= 4 is 23.2 Å². The third-order valence-electron chi connectivity index (χ3n) is 3.78. The number of carbonyl (C=O) groups excluding carboxylic acids is 1. The first-order chi connectivity index (χ1) is 11.3. The Kier molecular flexibility index (Phi) is 5.73. The Morgan fingerprint density at radius 3 is 2.33 bits per heavy atom. The van der Waals surface area contributed by atoms with Crippen LogP contribution in [0.1, 0.15) is 47.8 Å². The number of amides is 1. The van der Waals surface area contributed by atoms with Gasteiger partial charge in [-0.3, -0.25) is 10.1 Å². The molecule has 2 aromatic rings. The Morgan fingerprint density at radius 2 is 1.75 bits per heavy atom. The van der Waals surface area contributed by atoms with Crippen molar-refractivity contribution in [1.82, 2.24) is 10.6 Å². The molecule has 0 spiro atoms. The topological polar surface area (TPSA) is 41.1 Å². The highest BCUT2D eigenvalue weighted by atomic mass is 32.1. The van der Waals surface area contributed by atoms with Gasteiger partial charge in [-0.2, -0.15) is 0 Å². The second-order valence-corrected chi connectivity index (χ2v) is 7.36. The van der Waals surface area contributed by atoms with Gasteiger partial charge in [0.2, 0.25) is 0 Å². The summed E-state index contributed by atoms with van der Waals surface area (Å²) in [6.07, 6.45) is 0. The Morgan fingerprint density at radius 1 is 1.08 bits per heavy atom. The first-order valence-electron chi connectivity index (χ1n) is 8.01. The van der Waals surface area contributed by atoms with Crippen LogP contribution in [0.3, 0.4) is 0 Å². The fourth-order valence-electron chi connectivity index (χ4n) is 2.35. The average molecular weight is 340 g/mol. The first kappa shape index (κ1) is 18.1. The molecule has 0 radical (unpaired) electrons. The minimum atomic E-state index is -0.197. The van der Waals surface area contributed by atoms with Crippen molar-refractivity contribution in [2.24, 2.45) is 0 Å². The van der Waals surface area contributed by atoms with Crippen LogP contribution in [-0.2, 0) is 12.0 Å². The molecule has 4 heteroatoms. The summed E-state index contributed by atoms with van der Waals surface area (Å²) < 4.78 is 0. The monoisotopic (exact) mass is 340 g/mol. The van der Waals surface area contributed by atoms with E-state index in [1.54, 1.807) is 0 Å². The zero-order chi connectivity index (χ0) is 17.7. The minimum Gasteiger partial charge on any atom is -0.358 e. The summed E-state index contributed by atoms with van der Waals surface area (Å²) >= 11 is 5.20. The zero-order valence-electron chi connectivity index (χ0n) is 14.6. The van der Waals surface area contributed by atoms with E-state index in [0.717, 1.165) is 5.56 Å². The summed E-state index contributed by atoms with van der Waals surface area (Å²) in [7, 11) is 0. The van der Waals surface area contributed by atoms with Gasteiger partial charge in [-0.25, -0.2) is 0 Å². The Balaban J connectivity index is 1.90. The molecule has 24 heavy (non-hydrogen) atoms. The van der Waals surface area contributed by atoms with Gasteiger partial charge in [0, 0.05) is 12.1 Å². The molecule has 0 unspecified atom stereocenters. The van der Waals surface area contributed by atoms with E-state index in [2.05, 4.69) is 37.5 Å². The molecule has 0 heterocycles. The van der Waals surface area contributed by atoms with E-state index in [1.165, 1.54) is 11.1 Å². The largest absolute Gasteiger partial charge is 0.358 e. The lowest BCUT2D eigenvalue weighted by Gasteiger charge is -2.19. The van der Waals surface area contributed by atoms with E-state index in [4.69, 9.17) is 12.2 Å². The molecule has 0 aliphatic rings. The predicted molar refractivity (Wildman–Crippen MR) is 103 cm³/mol. The normalized spacial score (nSPS) is 11.0. The van der Waals surface area contributed by atoms with Crippen molar-refractivity contribution in [3.63, 3.8) is 0 Å². The summed E-state index contributed by atoms with van der Waals surface area (Å²) in [5, 5.41) is 6.12. The van der Waals surface area contributed by atoms with Crippen LogP contribution >= 0.6 is 12.2 Å². The molecule has 2 aromatic carbocycles. The highest BCUT2D eigenvalue weighted by molar-refractivity contribution is 7.80. The summed E-state index contributed by atoms with van der Waals surface area (Å²) in [4.78, 5) is 12.2. The van der Waals surface area contributed by atoms with Gasteiger partial charge in [0.15, 0.2) is 5.11 Å². The predicted octanol–water partition coefficient (Wildman–Crippen LogP) is 4.10. The second-order valence-electron chi connectivity index (χ2n) is 6.95. The first-order valence-corrected chi connectivity index (χ1v) is 8.42. The Labute approximate surface area is 149 Å². The van der Waals surface area contributed by atoms with Crippen LogP contribution < -0.4 is 10.6 Å². The van der Waals surface area contributed by atoms with Crippen molar-refractivity contribution in [3.05, 3.63) is 70.8 Å². The lowest BCUT2D eigenvalue weighted by molar-refractivity contribution is 0.0976. The van der Waals surface area contributed by atoms with Crippen LogP contribution in [0, 0.1) is 6.92 Å². The standard InChI is InChI=1S/C20H24N2OS/c1-14-6-5-7-15(12-14)13-21-19(24)22-18(23)16-8-10-17(11-9-16)20(2,3)4/h5-12H,13H2,1-4H3,(H2,21,22,23,24). The van der Waals surface area contributed by atoms with Gasteiger partial charge in [-0.1, -0.05) is 62.7 Å². The van der Waals surface area contributed by atoms with Gasteiger partial charge in [0.25, 0.3) is 5.91 Å². The molecular formula is C20H24N2OS. The molecule has 0 aliphatic heterocycles. The highest BCUT2D eigenvalue weighted by Gasteiger charge is 2.14. The van der Waals surface area contributed by atoms with E-state index in [1.807, 2.05) is 49.4 Å². The maximum absolute atomic E-state index is 12.2. The molecule has 0 atom stereocenters. The third-order valence-corrected chi connectivity index (χ3v) is 4.02. The Bertz CT molecular complexity index is 730. The molecule has 0 aliphatic carbocycles. The van der Waals surface area contributed by atoms with Crippen LogP contribution in [0.15, 0.2) is 48.5 Å². The van der Waals surface area contributed by atoms with Crippen molar-refractivity contribution in [3.8, 4) is 0 Å². The molecule has 0 aromatic heterocycles. The van der Waals surface area contributed by atoms with Crippen LogP contribution in [0.25, 0.3) is 0 Å². The van der Waals surface area contributed by atoms with Crippen LogP contribution in [-0.4, -0.2) is 11.0 Å². The number of hydrogen-bond acceptors (Lipinski definition) is 2. The van der Waals surface area contributed by atoms with E-state index in [-0.39, 0.29) is 11.3 Å². The van der Waals surface area contributed by atoms with E-state index >= 15 is 0 Å². The summed E-state index contributed by atoms with van der Waals surface area (Å²) in [5.41, 5.74) is 4.19. The molecule has 126 valence electrons. The number of nitrogens with one attached hydrogen (secondary N) is 2. The highest BCUT2D eigenvalue weighted by Crippen LogP contribution is 2.22. The van der Waals surface area contributed by atoms with Crippen LogP contribution in [0.2, 0.25) is 0 Å². The van der Waals surface area contributed by atoms with Gasteiger partial charge >= 0.3 is 0 Å². The van der Waals surface area contributed by atoms with Gasteiger partial charge in [-0.15, -0.1) is 0 Å². The van der Waals surface area contributed by atoms with E-state index < -0.39 is 0 Å². The molecule has 0 saturated heterocycles. The van der Waals surface area contributed by atoms with E-state index in [9.17, 15) is 4.79 Å². The fourth-order valence-corrected chi connectivity index (χ4v) is 2.51. The number of hydrogen-bond donors (Lipinski definition) is 2. The molecule has 2 rings (SSSR count). The molecular weight excluding hydrogens is 316 g/mol. The van der Waals surface area contributed by atoms with Gasteiger partial charge in [-0.05, 0) is 47.8 Å². The molecule has 0 saturated carbocycles. The summed E-state index contributed by atoms with van der Waals surface area (Å²) in [6, 6.07) is 15.8. The maximum atomic E-state index is 12.2. The smallest absolute Gasteiger partial charge is 0.257 e. The summed E-state index contributed by atoms with van der Waals surface area (Å²) in [6.45, 7) is 9.07. The fraction of sp³-hybridized carbons (Fsp3) is 0.300. The van der Waals surface area contributed by atoms with Crippen molar-refractivity contribution in [2.45, 2.75) is 39.7 Å². The van der Waals surface area contributed by atoms with Crippen LogP contribution in [0.4, 0.5) is 0 Å². The van der Waals surface area contributed by atoms with Crippen molar-refractivity contribution in [1.29, 1.82) is 0 Å². The minimum absolute atomic E-state index is 0.0691. The van der Waals surface area contributed by atoms with Gasteiger partial charge in [0.05, 0.1) is 0 Å². The molecule has 0 bridgehead atoms. The lowest BCUT2D eigenvalue weighted by atomic mass is 9.87. The number of rotatable bonds is 3. The maximum Gasteiger partial charge on any atom is 0.257 e. The SMILES string of the molecule is Cc1cccc(CNC(=S)NC(=O)c2ccc(C(C)(C)C)cc2)c1. The molecule has 2 N–H and O–H groups in total. The van der Waals surface area contributed by atoms with Crippen molar-refractivity contribution in [2.75, 3.05) is 0 Å². The van der Waals surface area contributed by atoms with Gasteiger partial charge in [0.1, 0.15) is 0 Å². The zero-order valence-corrected chi connectivity index (χ0v) is 15.5.